The molecule has 2 aliphatic rings. The molecule has 126 valence electrons. The average Bonchev–Trinajstić information content (AvgIpc) is 2.92. The molecule has 5 nitrogen and oxygen atoms in total. The highest BCUT2D eigenvalue weighted by molar-refractivity contribution is 5.98. The summed E-state index contributed by atoms with van der Waals surface area (Å²) in [7, 11) is 0. The fourth-order valence-corrected chi connectivity index (χ4v) is 3.96. The highest BCUT2D eigenvalue weighted by Crippen LogP contribution is 2.44. The van der Waals surface area contributed by atoms with Gasteiger partial charge in [-0.2, -0.15) is 0 Å². The Kier molecular flexibility index (Phi) is 5.32. The molecular weight excluding hydrogens is 314 g/mol. The van der Waals surface area contributed by atoms with Crippen molar-refractivity contribution in [3.63, 3.8) is 0 Å². The number of halogens is 1. The third-order valence-corrected chi connectivity index (χ3v) is 5.24. The van der Waals surface area contributed by atoms with Crippen molar-refractivity contribution in [1.82, 2.24) is 5.32 Å². The second-order valence-electron chi connectivity index (χ2n) is 6.58. The highest BCUT2D eigenvalue weighted by Gasteiger charge is 2.49. The topological polar surface area (TPSA) is 84.2 Å². The maximum atomic E-state index is 12.9. The van der Waals surface area contributed by atoms with Crippen LogP contribution in [0.25, 0.3) is 0 Å². The number of benzene rings is 1. The second-order valence-corrected chi connectivity index (χ2v) is 6.58. The number of fused-ring (bicyclic) bond motifs is 1. The predicted octanol–water partition coefficient (Wildman–Crippen LogP) is 2.23. The van der Waals surface area contributed by atoms with E-state index in [1.54, 1.807) is 12.1 Å². The largest absolute Gasteiger partial charge is 0.366 e. The van der Waals surface area contributed by atoms with Crippen LogP contribution < -0.4 is 16.4 Å². The molecule has 0 bridgehead atoms. The Hall–Kier alpha value is -1.59. The molecule has 1 aliphatic carbocycles. The Morgan fingerprint density at radius 3 is 2.83 bits per heavy atom. The number of anilines is 1. The first-order valence-electron chi connectivity index (χ1n) is 7.95. The van der Waals surface area contributed by atoms with Gasteiger partial charge in [0.25, 0.3) is 0 Å². The predicted molar refractivity (Wildman–Crippen MR) is 92.8 cm³/mol. The minimum Gasteiger partial charge on any atom is -0.366 e. The van der Waals surface area contributed by atoms with E-state index < -0.39 is 5.91 Å². The van der Waals surface area contributed by atoms with Crippen molar-refractivity contribution in [1.29, 1.82) is 0 Å². The van der Waals surface area contributed by atoms with Crippen LogP contribution in [0, 0.1) is 18.3 Å². The molecule has 1 heterocycles. The molecule has 6 heteroatoms. The molecule has 3 rings (SSSR count). The highest BCUT2D eigenvalue weighted by atomic mass is 35.5. The van der Waals surface area contributed by atoms with E-state index in [4.69, 9.17) is 5.73 Å². The summed E-state index contributed by atoms with van der Waals surface area (Å²) in [5.41, 5.74) is 7.06. The Bertz CT molecular complexity index is 620. The molecule has 1 aromatic rings. The number of hydrogen-bond acceptors (Lipinski definition) is 3. The molecule has 0 radical (unpaired) electrons. The number of amides is 2. The number of hydrogen-bond donors (Lipinski definition) is 3. The molecule has 0 aromatic heterocycles. The number of carbonyl (C=O) groups is 2. The van der Waals surface area contributed by atoms with Gasteiger partial charge in [0.05, 0.1) is 5.41 Å². The number of carbonyl (C=O) groups excluding carboxylic acids is 2. The van der Waals surface area contributed by atoms with Gasteiger partial charge in [0, 0.05) is 17.8 Å². The van der Waals surface area contributed by atoms with Gasteiger partial charge in [0.2, 0.25) is 11.8 Å². The van der Waals surface area contributed by atoms with Gasteiger partial charge < -0.3 is 16.4 Å². The quantitative estimate of drug-likeness (QED) is 0.790. The first-order valence-corrected chi connectivity index (χ1v) is 7.95. The smallest absolute Gasteiger partial charge is 0.248 e. The van der Waals surface area contributed by atoms with E-state index >= 15 is 0 Å². The van der Waals surface area contributed by atoms with Crippen LogP contribution in [-0.4, -0.2) is 24.9 Å². The van der Waals surface area contributed by atoms with E-state index in [1.807, 2.05) is 13.0 Å². The van der Waals surface area contributed by atoms with Crippen LogP contribution in [0.4, 0.5) is 5.69 Å². The van der Waals surface area contributed by atoms with Gasteiger partial charge in [-0.05, 0) is 56.0 Å². The minimum absolute atomic E-state index is 0. The first-order chi connectivity index (χ1) is 10.5. The zero-order valence-electron chi connectivity index (χ0n) is 13.4. The van der Waals surface area contributed by atoms with Crippen molar-refractivity contribution in [3.05, 3.63) is 29.3 Å². The Morgan fingerprint density at radius 2 is 2.13 bits per heavy atom. The summed E-state index contributed by atoms with van der Waals surface area (Å²) in [4.78, 5) is 24.1. The van der Waals surface area contributed by atoms with Crippen LogP contribution in [0.15, 0.2) is 18.2 Å². The van der Waals surface area contributed by atoms with Crippen LogP contribution >= 0.6 is 12.4 Å². The third kappa shape index (κ3) is 3.21. The van der Waals surface area contributed by atoms with Gasteiger partial charge in [-0.15, -0.1) is 12.4 Å². The summed E-state index contributed by atoms with van der Waals surface area (Å²) in [6, 6.07) is 5.24. The van der Waals surface area contributed by atoms with Gasteiger partial charge in [-0.1, -0.05) is 12.8 Å². The lowest BCUT2D eigenvalue weighted by atomic mass is 9.67. The molecule has 1 saturated carbocycles. The van der Waals surface area contributed by atoms with Crippen LogP contribution in [0.2, 0.25) is 0 Å². The summed E-state index contributed by atoms with van der Waals surface area (Å²) in [5, 5.41) is 6.43. The molecule has 1 aromatic carbocycles. The van der Waals surface area contributed by atoms with E-state index in [2.05, 4.69) is 10.6 Å². The molecular formula is C17H24ClN3O2. The number of rotatable bonds is 3. The first kappa shape index (κ1) is 17.8. The number of aryl methyl sites for hydroxylation is 1. The summed E-state index contributed by atoms with van der Waals surface area (Å²) in [5.74, 6) is 0.0990. The zero-order chi connectivity index (χ0) is 15.7. The molecule has 0 unspecified atom stereocenters. The number of primary amides is 1. The molecule has 23 heavy (non-hydrogen) atoms. The molecule has 2 fully saturated rings. The normalized spacial score (nSPS) is 26.0. The molecule has 2 atom stereocenters. The van der Waals surface area contributed by atoms with Crippen molar-refractivity contribution in [2.24, 2.45) is 17.1 Å². The van der Waals surface area contributed by atoms with Gasteiger partial charge in [-0.25, -0.2) is 0 Å². The van der Waals surface area contributed by atoms with Gasteiger partial charge in [0.1, 0.15) is 0 Å². The molecule has 1 aliphatic heterocycles. The van der Waals surface area contributed by atoms with Crippen LogP contribution in [0.5, 0.6) is 0 Å². The Labute approximate surface area is 142 Å². The van der Waals surface area contributed by atoms with Gasteiger partial charge in [-0.3, -0.25) is 9.59 Å². The Balaban J connectivity index is 0.00000192. The maximum Gasteiger partial charge on any atom is 0.248 e. The van der Waals surface area contributed by atoms with Crippen molar-refractivity contribution in [2.75, 3.05) is 18.4 Å². The summed E-state index contributed by atoms with van der Waals surface area (Å²) in [6.45, 7) is 3.53. The standard InChI is InChI=1S/C17H23N3O2.ClH/c1-11-8-13(5-6-14(11)15(18)21)20-16(22)17-7-3-2-4-12(17)9-19-10-17;/h5-6,8,12,19H,2-4,7,9-10H2,1H3,(H2,18,21)(H,20,22);1H/t12-,17+;/m0./s1. The lowest BCUT2D eigenvalue weighted by molar-refractivity contribution is -0.128. The van der Waals surface area contributed by atoms with E-state index in [0.29, 0.717) is 11.5 Å². The molecule has 1 saturated heterocycles. The monoisotopic (exact) mass is 337 g/mol. The number of nitrogens with two attached hydrogens (primary N) is 1. The van der Waals surface area contributed by atoms with Crippen LogP contribution in [-0.2, 0) is 4.79 Å². The lowest BCUT2D eigenvalue weighted by Gasteiger charge is -2.37. The fraction of sp³-hybridized carbons (Fsp3) is 0.529. The van der Waals surface area contributed by atoms with Gasteiger partial charge in [0.15, 0.2) is 0 Å². The third-order valence-electron chi connectivity index (χ3n) is 5.24. The second kappa shape index (κ2) is 6.89. The van der Waals surface area contributed by atoms with Crippen molar-refractivity contribution in [3.8, 4) is 0 Å². The summed E-state index contributed by atoms with van der Waals surface area (Å²) >= 11 is 0. The zero-order valence-corrected chi connectivity index (χ0v) is 14.2. The van der Waals surface area contributed by atoms with Gasteiger partial charge >= 0.3 is 0 Å². The van der Waals surface area contributed by atoms with Crippen molar-refractivity contribution < 1.29 is 9.59 Å². The van der Waals surface area contributed by atoms with E-state index in [1.165, 1.54) is 6.42 Å². The van der Waals surface area contributed by atoms with E-state index in [9.17, 15) is 9.59 Å². The fourth-order valence-electron chi connectivity index (χ4n) is 3.96. The number of nitrogens with one attached hydrogen (secondary N) is 2. The Morgan fingerprint density at radius 1 is 1.35 bits per heavy atom. The summed E-state index contributed by atoms with van der Waals surface area (Å²) < 4.78 is 0. The van der Waals surface area contributed by atoms with E-state index in [-0.39, 0.29) is 23.7 Å². The summed E-state index contributed by atoms with van der Waals surface area (Å²) in [6.07, 6.45) is 4.41. The molecule has 4 N–H and O–H groups in total. The molecule has 2 amide bonds. The molecule has 0 spiro atoms. The van der Waals surface area contributed by atoms with Crippen molar-refractivity contribution in [2.45, 2.75) is 32.6 Å². The average molecular weight is 338 g/mol. The van der Waals surface area contributed by atoms with Crippen LogP contribution in [0.3, 0.4) is 0 Å². The lowest BCUT2D eigenvalue weighted by Crippen LogP contribution is -2.44. The maximum absolute atomic E-state index is 12.9. The van der Waals surface area contributed by atoms with Crippen LogP contribution in [0.1, 0.15) is 41.6 Å². The van der Waals surface area contributed by atoms with E-state index in [0.717, 1.165) is 43.6 Å². The SMILES string of the molecule is Cc1cc(NC(=O)[C@@]23CCCC[C@H]2CNC3)ccc1C(N)=O.Cl. The minimum atomic E-state index is -0.443. The van der Waals surface area contributed by atoms with Crippen molar-refractivity contribution >= 4 is 29.9 Å².